The van der Waals surface area contributed by atoms with Crippen molar-refractivity contribution in [1.29, 1.82) is 0 Å². The van der Waals surface area contributed by atoms with Crippen LogP contribution in [0.25, 0.3) is 16.2 Å². The zero-order chi connectivity index (χ0) is 24.9. The zero-order valence-corrected chi connectivity index (χ0v) is 22.3. The number of aromatic nitrogens is 3. The molecule has 2 aromatic heterocycles. The summed E-state index contributed by atoms with van der Waals surface area (Å²) in [5.74, 6) is 0.821. The molecule has 2 N–H and O–H groups in total. The summed E-state index contributed by atoms with van der Waals surface area (Å²) in [6.45, 7) is 14.0. The molecule has 3 rings (SSSR count). The first-order valence-electron chi connectivity index (χ1n) is 11.9. The average molecular weight is 487 g/mol. The van der Waals surface area contributed by atoms with Gasteiger partial charge in [0.25, 0.3) is 0 Å². The lowest BCUT2D eigenvalue weighted by molar-refractivity contribution is -0.119. The van der Waals surface area contributed by atoms with Crippen molar-refractivity contribution >= 4 is 33.2 Å². The Labute approximate surface area is 206 Å². The highest BCUT2D eigenvalue weighted by molar-refractivity contribution is 7.20. The minimum Gasteiger partial charge on any atom is -0.379 e. The van der Waals surface area contributed by atoms with Gasteiger partial charge in [-0.05, 0) is 53.0 Å². The van der Waals surface area contributed by atoms with E-state index in [1.807, 2.05) is 30.3 Å². The van der Waals surface area contributed by atoms with Gasteiger partial charge < -0.3 is 20.3 Å². The van der Waals surface area contributed by atoms with E-state index in [1.165, 1.54) is 16.9 Å². The summed E-state index contributed by atoms with van der Waals surface area (Å²) < 4.78 is 7.37. The largest absolute Gasteiger partial charge is 0.379 e. The Hall–Kier alpha value is -2.65. The molecule has 0 atom stereocenters. The lowest BCUT2D eigenvalue weighted by Crippen LogP contribution is -2.36. The number of nitrogens with zero attached hydrogens (tertiary/aromatic N) is 4. The first-order chi connectivity index (χ1) is 16.1. The van der Waals surface area contributed by atoms with Crippen molar-refractivity contribution in [3.63, 3.8) is 0 Å². The lowest BCUT2D eigenvalue weighted by atomic mass is 10.1. The van der Waals surface area contributed by atoms with Crippen LogP contribution in [0.4, 0.5) is 10.9 Å². The predicted octanol–water partition coefficient (Wildman–Crippen LogP) is 4.60. The van der Waals surface area contributed by atoms with Crippen LogP contribution in [0.15, 0.2) is 24.3 Å². The molecule has 2 heterocycles. The maximum Gasteiger partial charge on any atom is 0.239 e. The van der Waals surface area contributed by atoms with Crippen LogP contribution in [0.2, 0.25) is 0 Å². The second-order valence-electron chi connectivity index (χ2n) is 9.79. The van der Waals surface area contributed by atoms with Crippen LogP contribution in [0.3, 0.4) is 0 Å². The number of carbonyl (C=O) groups is 1. The van der Waals surface area contributed by atoms with E-state index >= 15 is 0 Å². The minimum absolute atomic E-state index is 0.0374. The number of amides is 1. The average Bonchev–Trinajstić information content (AvgIpc) is 3.32. The van der Waals surface area contributed by atoms with Crippen molar-refractivity contribution in [1.82, 2.24) is 19.9 Å². The Morgan fingerprint density at radius 2 is 1.94 bits per heavy atom. The van der Waals surface area contributed by atoms with Crippen molar-refractivity contribution < 1.29 is 9.53 Å². The number of hydrogen-bond acceptors (Lipinski definition) is 7. The van der Waals surface area contributed by atoms with E-state index in [9.17, 15) is 4.79 Å². The first-order valence-corrected chi connectivity index (χ1v) is 12.8. The second-order valence-corrected chi connectivity index (χ2v) is 10.7. The molecule has 1 aromatic carbocycles. The predicted molar refractivity (Wildman–Crippen MR) is 141 cm³/mol. The lowest BCUT2D eigenvalue weighted by Gasteiger charge is -2.22. The van der Waals surface area contributed by atoms with Crippen LogP contribution in [0.1, 0.15) is 53.5 Å². The van der Waals surface area contributed by atoms with E-state index in [-0.39, 0.29) is 24.1 Å². The van der Waals surface area contributed by atoms with Gasteiger partial charge in [0, 0.05) is 31.3 Å². The molecule has 186 valence electrons. The molecule has 1 amide bonds. The van der Waals surface area contributed by atoms with Gasteiger partial charge >= 0.3 is 0 Å². The smallest absolute Gasteiger partial charge is 0.239 e. The number of fused-ring (bicyclic) bond motifs is 1. The molecule has 0 bridgehead atoms. The number of likely N-dealkylation sites (N-methyl/N-ethyl adjacent to an activating group) is 1. The summed E-state index contributed by atoms with van der Waals surface area (Å²) in [6.07, 6.45) is 2.00. The van der Waals surface area contributed by atoms with Crippen molar-refractivity contribution in [3.05, 3.63) is 29.8 Å². The summed E-state index contributed by atoms with van der Waals surface area (Å²) in [7, 11) is 1.88. The molecule has 0 saturated heterocycles. The van der Waals surface area contributed by atoms with E-state index in [0.717, 1.165) is 40.0 Å². The number of ether oxygens (including phenoxy) is 1. The van der Waals surface area contributed by atoms with Crippen LogP contribution in [0, 0.1) is 0 Å². The van der Waals surface area contributed by atoms with Crippen LogP contribution >= 0.6 is 11.3 Å². The summed E-state index contributed by atoms with van der Waals surface area (Å²) >= 11 is 1.47. The minimum atomic E-state index is -0.164. The van der Waals surface area contributed by atoms with Crippen LogP contribution in [0.5, 0.6) is 0 Å². The summed E-state index contributed by atoms with van der Waals surface area (Å²) in [4.78, 5) is 19.9. The molecule has 0 aliphatic rings. The number of anilines is 2. The molecule has 8 nitrogen and oxygen atoms in total. The van der Waals surface area contributed by atoms with Gasteiger partial charge in [-0.2, -0.15) is 4.52 Å². The molecule has 9 heteroatoms. The summed E-state index contributed by atoms with van der Waals surface area (Å²) in [6, 6.07) is 8.51. The molecule has 0 aliphatic carbocycles. The highest BCUT2D eigenvalue weighted by Crippen LogP contribution is 2.34. The van der Waals surface area contributed by atoms with E-state index in [4.69, 9.17) is 14.8 Å². The number of aryl methyl sites for hydroxylation is 1. The zero-order valence-electron chi connectivity index (χ0n) is 21.4. The molecule has 0 unspecified atom stereocenters. The molecule has 0 aliphatic heterocycles. The molecular weight excluding hydrogens is 448 g/mol. The third-order valence-corrected chi connectivity index (χ3v) is 6.15. The quantitative estimate of drug-likeness (QED) is 0.386. The Morgan fingerprint density at radius 3 is 2.56 bits per heavy atom. The van der Waals surface area contributed by atoms with Crippen molar-refractivity contribution in [2.45, 2.75) is 66.0 Å². The maximum atomic E-state index is 12.4. The van der Waals surface area contributed by atoms with E-state index in [2.05, 4.69) is 62.6 Å². The van der Waals surface area contributed by atoms with E-state index < -0.39 is 0 Å². The fourth-order valence-electron chi connectivity index (χ4n) is 3.42. The van der Waals surface area contributed by atoms with E-state index in [0.29, 0.717) is 13.2 Å². The summed E-state index contributed by atoms with van der Waals surface area (Å²) in [5.41, 5.74) is 3.07. The number of rotatable bonds is 11. The Morgan fingerprint density at radius 1 is 1.24 bits per heavy atom. The highest BCUT2D eigenvalue weighted by Gasteiger charge is 2.23. The SMILES string of the molecule is CCc1ccc(-c2nc3sc(N(C)CC(=O)NCCCOC(C)C)nn3c2NC(C)(C)C)cc1. The monoisotopic (exact) mass is 486 g/mol. The highest BCUT2D eigenvalue weighted by atomic mass is 32.1. The van der Waals surface area contributed by atoms with Gasteiger partial charge in [0.2, 0.25) is 16.0 Å². The Balaban J connectivity index is 1.75. The molecule has 3 aromatic rings. The first kappa shape index (κ1) is 26.0. The molecular formula is C25H38N6O2S. The van der Waals surface area contributed by atoms with Gasteiger partial charge in [0.05, 0.1) is 12.6 Å². The number of imidazole rings is 1. The van der Waals surface area contributed by atoms with Crippen molar-refractivity contribution in [2.75, 3.05) is 37.0 Å². The van der Waals surface area contributed by atoms with Crippen LogP contribution < -0.4 is 15.5 Å². The van der Waals surface area contributed by atoms with E-state index in [1.54, 1.807) is 0 Å². The normalized spacial score (nSPS) is 11.9. The summed E-state index contributed by atoms with van der Waals surface area (Å²) in [5, 5.41) is 12.1. The number of nitrogens with one attached hydrogen (secondary N) is 2. The molecule has 0 radical (unpaired) electrons. The third kappa shape index (κ3) is 6.93. The standard InChI is InChI=1S/C25H38N6O2S/c1-8-18-10-12-19(13-11-18)21-22(28-25(4,5)6)31-23(27-21)34-24(29-31)30(7)16-20(32)26-14-9-15-33-17(2)3/h10-13,17,28H,8-9,14-16H2,1-7H3,(H,26,32). The van der Waals surface area contributed by atoms with Crippen LogP contribution in [-0.2, 0) is 16.0 Å². The molecule has 34 heavy (non-hydrogen) atoms. The van der Waals surface area contributed by atoms with Crippen LogP contribution in [-0.4, -0.2) is 58.9 Å². The molecule has 0 fully saturated rings. The second kappa shape index (κ2) is 11.2. The number of carbonyl (C=O) groups excluding carboxylic acids is 1. The number of hydrogen-bond donors (Lipinski definition) is 2. The van der Waals surface area contributed by atoms with Gasteiger partial charge in [-0.25, -0.2) is 4.98 Å². The molecule has 0 saturated carbocycles. The van der Waals surface area contributed by atoms with Gasteiger partial charge in [0.1, 0.15) is 5.69 Å². The fraction of sp³-hybridized carbons (Fsp3) is 0.560. The Bertz CT molecular complexity index is 1080. The number of benzene rings is 1. The van der Waals surface area contributed by atoms with Gasteiger partial charge in [-0.15, -0.1) is 5.10 Å². The van der Waals surface area contributed by atoms with Crippen molar-refractivity contribution in [3.8, 4) is 11.3 Å². The van der Waals surface area contributed by atoms with Crippen molar-refractivity contribution in [2.24, 2.45) is 0 Å². The Kier molecular flexibility index (Phi) is 8.54. The van der Waals surface area contributed by atoms with Gasteiger partial charge in [0.15, 0.2) is 5.82 Å². The topological polar surface area (TPSA) is 83.8 Å². The third-order valence-electron chi connectivity index (χ3n) is 5.12. The molecule has 0 spiro atoms. The maximum absolute atomic E-state index is 12.4. The van der Waals surface area contributed by atoms with Gasteiger partial charge in [-0.1, -0.05) is 42.5 Å². The van der Waals surface area contributed by atoms with Gasteiger partial charge in [-0.3, -0.25) is 4.79 Å². The fourth-order valence-corrected chi connectivity index (χ4v) is 4.28.